The lowest BCUT2D eigenvalue weighted by atomic mass is 10.1. The smallest absolute Gasteiger partial charge is 0.276 e. The van der Waals surface area contributed by atoms with E-state index in [0.29, 0.717) is 24.0 Å². The average Bonchev–Trinajstić information content (AvgIpc) is 3.14. The molecule has 0 spiro atoms. The number of nitrogens with one attached hydrogen (secondary N) is 1. The van der Waals surface area contributed by atoms with E-state index in [0.717, 1.165) is 24.4 Å². The Balaban J connectivity index is 1.90. The summed E-state index contributed by atoms with van der Waals surface area (Å²) in [6.45, 7) is 4.28. The van der Waals surface area contributed by atoms with Crippen LogP contribution in [0.5, 0.6) is 0 Å². The van der Waals surface area contributed by atoms with Gasteiger partial charge in [0, 0.05) is 26.6 Å². The molecule has 0 aliphatic carbocycles. The normalized spacial score (nSPS) is 17.8. The lowest BCUT2D eigenvalue weighted by Gasteiger charge is -2.23. The summed E-state index contributed by atoms with van der Waals surface area (Å²) in [6, 6.07) is 1.86. The molecule has 1 amide bonds. The number of amides is 1. The molecule has 1 aliphatic heterocycles. The van der Waals surface area contributed by atoms with Gasteiger partial charge in [0.2, 0.25) is 0 Å². The Morgan fingerprint density at radius 3 is 2.86 bits per heavy atom. The highest BCUT2D eigenvalue weighted by Crippen LogP contribution is 2.32. The molecule has 22 heavy (non-hydrogen) atoms. The number of carbonyl (C=O) groups excluding carboxylic acids is 1. The van der Waals surface area contributed by atoms with Crippen molar-refractivity contribution in [2.45, 2.75) is 32.7 Å². The number of likely N-dealkylation sites (tertiary alicyclic amines) is 1. The largest absolute Gasteiger partial charge is 0.448 e. The maximum atomic E-state index is 12.6. The first-order chi connectivity index (χ1) is 10.6. The predicted molar refractivity (Wildman–Crippen MR) is 80.6 cm³/mol. The van der Waals surface area contributed by atoms with Crippen molar-refractivity contribution in [2.24, 2.45) is 0 Å². The minimum Gasteiger partial charge on any atom is -0.448 e. The molecule has 3 heterocycles. The molecule has 1 atom stereocenters. The molecule has 1 unspecified atom stereocenters. The number of hydrogen-bond donors (Lipinski definition) is 1. The third-order valence-corrected chi connectivity index (χ3v) is 3.81. The molecule has 2 aromatic rings. The van der Waals surface area contributed by atoms with Gasteiger partial charge in [0.25, 0.3) is 5.91 Å². The highest BCUT2D eigenvalue weighted by Gasteiger charge is 2.33. The van der Waals surface area contributed by atoms with E-state index in [1.165, 1.54) is 6.26 Å². The summed E-state index contributed by atoms with van der Waals surface area (Å²) in [5.41, 5.74) is 1.21. The second-order valence-electron chi connectivity index (χ2n) is 5.38. The molecular formula is C15H19N5O2. The fraction of sp³-hybridized carbons (Fsp3) is 0.467. The van der Waals surface area contributed by atoms with E-state index < -0.39 is 0 Å². The van der Waals surface area contributed by atoms with E-state index >= 15 is 0 Å². The quantitative estimate of drug-likeness (QED) is 0.934. The van der Waals surface area contributed by atoms with E-state index in [9.17, 15) is 4.79 Å². The summed E-state index contributed by atoms with van der Waals surface area (Å²) in [5, 5.41) is 3.03. The van der Waals surface area contributed by atoms with E-state index in [-0.39, 0.29) is 11.9 Å². The van der Waals surface area contributed by atoms with Gasteiger partial charge in [-0.15, -0.1) is 0 Å². The lowest BCUT2D eigenvalue weighted by Crippen LogP contribution is -2.31. The van der Waals surface area contributed by atoms with Gasteiger partial charge >= 0.3 is 0 Å². The van der Waals surface area contributed by atoms with E-state index in [4.69, 9.17) is 4.42 Å². The van der Waals surface area contributed by atoms with Crippen molar-refractivity contribution < 1.29 is 9.21 Å². The number of carbonyl (C=O) groups is 1. The minimum atomic E-state index is -0.110. The van der Waals surface area contributed by atoms with Crippen LogP contribution in [0.3, 0.4) is 0 Å². The first-order valence-corrected chi connectivity index (χ1v) is 7.35. The van der Waals surface area contributed by atoms with Crippen LogP contribution >= 0.6 is 0 Å². The first kappa shape index (κ1) is 14.5. The molecule has 3 rings (SSSR count). The van der Waals surface area contributed by atoms with Crippen LogP contribution in [-0.4, -0.2) is 39.4 Å². The van der Waals surface area contributed by atoms with Gasteiger partial charge in [0.05, 0.1) is 11.7 Å². The van der Waals surface area contributed by atoms with Crippen molar-refractivity contribution in [3.63, 3.8) is 0 Å². The predicted octanol–water partition coefficient (Wildman–Crippen LogP) is 2.10. The minimum absolute atomic E-state index is 0.0432. The zero-order valence-electron chi connectivity index (χ0n) is 13.0. The zero-order chi connectivity index (χ0) is 15.7. The maximum absolute atomic E-state index is 12.6. The molecule has 7 heteroatoms. The topological polar surface area (TPSA) is 84.2 Å². The van der Waals surface area contributed by atoms with Gasteiger partial charge in [-0.25, -0.2) is 15.0 Å². The number of hydrogen-bond acceptors (Lipinski definition) is 6. The van der Waals surface area contributed by atoms with Crippen molar-refractivity contribution in [3.05, 3.63) is 35.4 Å². The Morgan fingerprint density at radius 2 is 2.18 bits per heavy atom. The highest BCUT2D eigenvalue weighted by molar-refractivity contribution is 5.92. The zero-order valence-corrected chi connectivity index (χ0v) is 13.0. The van der Waals surface area contributed by atoms with E-state index in [1.807, 2.05) is 24.9 Å². The molecule has 0 radical (unpaired) electrons. The fourth-order valence-electron chi connectivity index (χ4n) is 2.82. The van der Waals surface area contributed by atoms with Gasteiger partial charge in [0.1, 0.15) is 17.9 Å². The van der Waals surface area contributed by atoms with Crippen molar-refractivity contribution in [1.29, 1.82) is 0 Å². The third-order valence-electron chi connectivity index (χ3n) is 3.81. The highest BCUT2D eigenvalue weighted by atomic mass is 16.3. The fourth-order valence-corrected chi connectivity index (χ4v) is 2.82. The van der Waals surface area contributed by atoms with Crippen molar-refractivity contribution in [3.8, 4) is 0 Å². The summed E-state index contributed by atoms with van der Waals surface area (Å²) in [4.78, 5) is 27.4. The van der Waals surface area contributed by atoms with Gasteiger partial charge in [-0.1, -0.05) is 0 Å². The summed E-state index contributed by atoms with van der Waals surface area (Å²) in [5.74, 6) is 1.84. The van der Waals surface area contributed by atoms with Crippen LogP contribution in [0, 0.1) is 13.8 Å². The van der Waals surface area contributed by atoms with Crippen molar-refractivity contribution >= 4 is 11.7 Å². The molecule has 116 valence electrons. The van der Waals surface area contributed by atoms with Gasteiger partial charge < -0.3 is 14.6 Å². The number of nitrogens with zero attached hydrogens (tertiary/aromatic N) is 4. The van der Waals surface area contributed by atoms with Crippen LogP contribution < -0.4 is 5.32 Å². The molecule has 1 saturated heterocycles. The molecular weight excluding hydrogens is 282 g/mol. The summed E-state index contributed by atoms with van der Waals surface area (Å²) in [6.07, 6.45) is 3.25. The monoisotopic (exact) mass is 301 g/mol. The van der Waals surface area contributed by atoms with Crippen LogP contribution in [-0.2, 0) is 0 Å². The van der Waals surface area contributed by atoms with Crippen LogP contribution in [0.25, 0.3) is 0 Å². The van der Waals surface area contributed by atoms with Gasteiger partial charge in [0.15, 0.2) is 11.6 Å². The Morgan fingerprint density at radius 1 is 1.36 bits per heavy atom. The average molecular weight is 301 g/mol. The molecule has 7 nitrogen and oxygen atoms in total. The number of anilines is 1. The molecule has 0 bridgehead atoms. The summed E-state index contributed by atoms with van der Waals surface area (Å²) < 4.78 is 5.15. The van der Waals surface area contributed by atoms with E-state index in [1.54, 1.807) is 6.92 Å². The van der Waals surface area contributed by atoms with Crippen LogP contribution in [0.4, 0.5) is 5.82 Å². The number of rotatable bonds is 3. The van der Waals surface area contributed by atoms with Gasteiger partial charge in [-0.2, -0.15) is 0 Å². The number of aromatic nitrogens is 3. The van der Waals surface area contributed by atoms with Crippen LogP contribution in [0.15, 0.2) is 16.7 Å². The standard InChI is InChI=1S/C15H19N5O2/c1-9-17-11(7-14(16-3)18-9)13-5-4-6-20(13)15(21)12-8-22-10(2)19-12/h7-8,13H,4-6H2,1-3H3,(H,16,17,18). The van der Waals surface area contributed by atoms with Crippen molar-refractivity contribution in [1.82, 2.24) is 19.9 Å². The number of aryl methyl sites for hydroxylation is 2. The van der Waals surface area contributed by atoms with Gasteiger partial charge in [-0.05, 0) is 19.8 Å². The second-order valence-corrected chi connectivity index (χ2v) is 5.38. The van der Waals surface area contributed by atoms with Crippen molar-refractivity contribution in [2.75, 3.05) is 18.9 Å². The molecule has 2 aromatic heterocycles. The molecule has 1 N–H and O–H groups in total. The summed E-state index contributed by atoms with van der Waals surface area (Å²) >= 11 is 0. The van der Waals surface area contributed by atoms with Crippen LogP contribution in [0.1, 0.15) is 46.8 Å². The Kier molecular flexibility index (Phi) is 3.79. The molecule has 1 aliphatic rings. The first-order valence-electron chi connectivity index (χ1n) is 7.35. The molecule has 1 fully saturated rings. The second kappa shape index (κ2) is 5.75. The molecule has 0 aromatic carbocycles. The van der Waals surface area contributed by atoms with E-state index in [2.05, 4.69) is 20.3 Å². The summed E-state index contributed by atoms with van der Waals surface area (Å²) in [7, 11) is 1.82. The maximum Gasteiger partial charge on any atom is 0.276 e. The van der Waals surface area contributed by atoms with Crippen LogP contribution in [0.2, 0.25) is 0 Å². The number of oxazole rings is 1. The third kappa shape index (κ3) is 2.66. The lowest BCUT2D eigenvalue weighted by molar-refractivity contribution is 0.0726. The Labute approximate surface area is 128 Å². The SMILES string of the molecule is CNc1cc(C2CCCN2C(=O)c2coc(C)n2)nc(C)n1. The Bertz CT molecular complexity index is 697. The Hall–Kier alpha value is -2.44. The molecule has 0 saturated carbocycles. The van der Waals surface area contributed by atoms with Gasteiger partial charge in [-0.3, -0.25) is 4.79 Å².